The summed E-state index contributed by atoms with van der Waals surface area (Å²) >= 11 is 0. The number of hydrogen-bond acceptors (Lipinski definition) is 6. The zero-order chi connectivity index (χ0) is 29.6. The summed E-state index contributed by atoms with van der Waals surface area (Å²) in [4.78, 5) is 15.3. The minimum absolute atomic E-state index is 0.0342. The standard InChI is InChI=1S/C36H53NO5/c1-23(38)42-34-25(18-24-19-31(39-4)33(41-6)32(20-24)40-5)21-30-28-11-10-26-22-27(37-16-8-7-9-17-37)12-14-35(26,2)29(28)13-15-36(30,34)3/h18-20,26-30,34H,7-17,21-22H2,1-6H3/b25-18+/t26-,27-,28+,29-,30-,34-,35-,36-/m0/s1. The van der Waals surface area contributed by atoms with Gasteiger partial charge in [-0.05, 0) is 130 Å². The van der Waals surface area contributed by atoms with E-state index in [-0.39, 0.29) is 17.5 Å². The first-order valence-electron chi connectivity index (χ1n) is 16.6. The molecule has 5 fully saturated rings. The molecule has 5 aliphatic rings. The lowest BCUT2D eigenvalue weighted by Crippen LogP contribution is -2.56. The fourth-order valence-electron chi connectivity index (χ4n) is 10.6. The number of nitrogens with zero attached hydrogens (tertiary/aromatic N) is 1. The molecule has 1 aromatic rings. The Hall–Kier alpha value is -2.21. The second kappa shape index (κ2) is 11.7. The van der Waals surface area contributed by atoms with Crippen LogP contribution in [-0.4, -0.2) is 57.4 Å². The van der Waals surface area contributed by atoms with Crippen molar-refractivity contribution >= 4 is 12.0 Å². The van der Waals surface area contributed by atoms with Crippen molar-refractivity contribution in [3.05, 3.63) is 23.3 Å². The molecule has 0 spiro atoms. The minimum Gasteiger partial charge on any atom is -0.493 e. The molecule has 6 nitrogen and oxygen atoms in total. The number of carbonyl (C=O) groups is 1. The van der Waals surface area contributed by atoms with Crippen molar-refractivity contribution in [1.29, 1.82) is 0 Å². The summed E-state index contributed by atoms with van der Waals surface area (Å²) in [7, 11) is 4.93. The first-order chi connectivity index (χ1) is 20.2. The quantitative estimate of drug-likeness (QED) is 0.325. The Bertz CT molecular complexity index is 1160. The maximum absolute atomic E-state index is 12.5. The normalized spacial score (nSPS) is 39.1. The molecular weight excluding hydrogens is 526 g/mol. The van der Waals surface area contributed by atoms with Crippen molar-refractivity contribution in [3.8, 4) is 17.2 Å². The Kier molecular flexibility index (Phi) is 8.32. The van der Waals surface area contributed by atoms with Crippen LogP contribution in [0.25, 0.3) is 6.08 Å². The fourth-order valence-corrected chi connectivity index (χ4v) is 10.6. The van der Waals surface area contributed by atoms with Crippen LogP contribution in [0.1, 0.15) is 97.0 Å². The molecule has 0 bridgehead atoms. The smallest absolute Gasteiger partial charge is 0.303 e. The SMILES string of the molecule is COc1cc(/C=C2\C[C@H]3[C@@H]4CC[C@H]5C[C@@H](N6CCCCC6)CC[C@]5(C)[C@H]4CC[C@]3(C)[C@H]2OC(C)=O)cc(OC)c1OC. The van der Waals surface area contributed by atoms with E-state index in [9.17, 15) is 4.79 Å². The number of rotatable bonds is 6. The Morgan fingerprint density at radius 3 is 2.21 bits per heavy atom. The van der Waals surface area contributed by atoms with Gasteiger partial charge in [-0.2, -0.15) is 0 Å². The van der Waals surface area contributed by atoms with Crippen LogP contribution in [-0.2, 0) is 9.53 Å². The highest BCUT2D eigenvalue weighted by Gasteiger charge is 2.62. The monoisotopic (exact) mass is 579 g/mol. The molecule has 0 amide bonds. The van der Waals surface area contributed by atoms with Gasteiger partial charge in [0, 0.05) is 18.4 Å². The molecule has 6 rings (SSSR count). The van der Waals surface area contributed by atoms with Crippen molar-refractivity contribution in [2.24, 2.45) is 34.5 Å². The zero-order valence-corrected chi connectivity index (χ0v) is 26.9. The van der Waals surface area contributed by atoms with Gasteiger partial charge in [0.1, 0.15) is 6.10 Å². The molecule has 232 valence electrons. The summed E-state index contributed by atoms with van der Waals surface area (Å²) in [5.74, 6) is 4.53. The first-order valence-corrected chi connectivity index (χ1v) is 16.6. The number of esters is 1. The molecule has 0 radical (unpaired) electrons. The topological polar surface area (TPSA) is 57.2 Å². The van der Waals surface area contributed by atoms with Crippen LogP contribution in [0.4, 0.5) is 0 Å². The van der Waals surface area contributed by atoms with E-state index in [0.717, 1.165) is 36.3 Å². The van der Waals surface area contributed by atoms with Crippen LogP contribution in [0.3, 0.4) is 0 Å². The highest BCUT2D eigenvalue weighted by atomic mass is 16.5. The average molecular weight is 580 g/mol. The third kappa shape index (κ3) is 5.04. The lowest BCUT2D eigenvalue weighted by molar-refractivity contribution is -0.160. The molecule has 4 saturated carbocycles. The van der Waals surface area contributed by atoms with E-state index in [0.29, 0.717) is 34.5 Å². The van der Waals surface area contributed by atoms with E-state index >= 15 is 0 Å². The number of benzene rings is 1. The number of likely N-dealkylation sites (tertiary alicyclic amines) is 1. The summed E-state index contributed by atoms with van der Waals surface area (Å²) in [5.41, 5.74) is 2.63. The Morgan fingerprint density at radius 1 is 0.881 bits per heavy atom. The second-order valence-corrected chi connectivity index (χ2v) is 14.6. The van der Waals surface area contributed by atoms with Gasteiger partial charge >= 0.3 is 5.97 Å². The van der Waals surface area contributed by atoms with Gasteiger partial charge < -0.3 is 23.8 Å². The average Bonchev–Trinajstić information content (AvgIpc) is 3.26. The molecule has 1 saturated heterocycles. The molecule has 42 heavy (non-hydrogen) atoms. The van der Waals surface area contributed by atoms with Crippen molar-refractivity contribution in [1.82, 2.24) is 4.90 Å². The van der Waals surface area contributed by atoms with Gasteiger partial charge in [0.2, 0.25) is 5.75 Å². The van der Waals surface area contributed by atoms with Gasteiger partial charge in [-0.25, -0.2) is 0 Å². The van der Waals surface area contributed by atoms with Gasteiger partial charge in [0.05, 0.1) is 21.3 Å². The summed E-state index contributed by atoms with van der Waals surface area (Å²) in [6.07, 6.45) is 16.4. The Balaban J connectivity index is 1.28. The van der Waals surface area contributed by atoms with Gasteiger partial charge in [-0.15, -0.1) is 0 Å². The van der Waals surface area contributed by atoms with E-state index in [1.807, 2.05) is 12.1 Å². The molecule has 8 atom stereocenters. The first kappa shape index (κ1) is 29.8. The van der Waals surface area contributed by atoms with Crippen LogP contribution < -0.4 is 14.2 Å². The van der Waals surface area contributed by atoms with E-state index in [1.165, 1.54) is 76.5 Å². The molecular formula is C36H53NO5. The lowest BCUT2D eigenvalue weighted by Gasteiger charge is -2.61. The van der Waals surface area contributed by atoms with Crippen molar-refractivity contribution < 1.29 is 23.7 Å². The van der Waals surface area contributed by atoms with E-state index in [4.69, 9.17) is 18.9 Å². The van der Waals surface area contributed by atoms with E-state index in [1.54, 1.807) is 28.3 Å². The fraction of sp³-hybridized carbons (Fsp3) is 0.750. The third-order valence-electron chi connectivity index (χ3n) is 12.7. The highest BCUT2D eigenvalue weighted by molar-refractivity contribution is 5.68. The van der Waals surface area contributed by atoms with Crippen LogP contribution in [0.5, 0.6) is 17.2 Å². The number of fused-ring (bicyclic) bond motifs is 5. The van der Waals surface area contributed by atoms with Gasteiger partial charge in [-0.1, -0.05) is 26.3 Å². The number of carbonyl (C=O) groups excluding carboxylic acids is 1. The summed E-state index contributed by atoms with van der Waals surface area (Å²) in [6.45, 7) is 9.28. The van der Waals surface area contributed by atoms with Gasteiger partial charge in [0.15, 0.2) is 11.5 Å². The number of piperidine rings is 1. The largest absolute Gasteiger partial charge is 0.493 e. The van der Waals surface area contributed by atoms with Crippen LogP contribution in [0.15, 0.2) is 17.7 Å². The number of hydrogen-bond donors (Lipinski definition) is 0. The summed E-state index contributed by atoms with van der Waals surface area (Å²) in [5, 5.41) is 0. The zero-order valence-electron chi connectivity index (χ0n) is 26.9. The summed E-state index contributed by atoms with van der Waals surface area (Å²) < 4.78 is 23.1. The molecule has 0 aromatic heterocycles. The van der Waals surface area contributed by atoms with Crippen LogP contribution in [0, 0.1) is 34.5 Å². The maximum Gasteiger partial charge on any atom is 0.303 e. The van der Waals surface area contributed by atoms with E-state index < -0.39 is 0 Å². The van der Waals surface area contributed by atoms with Crippen LogP contribution in [0.2, 0.25) is 0 Å². The molecule has 1 aromatic carbocycles. The Morgan fingerprint density at radius 2 is 1.57 bits per heavy atom. The molecule has 0 unspecified atom stereocenters. The minimum atomic E-state index is -0.194. The third-order valence-corrected chi connectivity index (χ3v) is 12.7. The van der Waals surface area contributed by atoms with E-state index in [2.05, 4.69) is 24.8 Å². The van der Waals surface area contributed by atoms with Crippen molar-refractivity contribution in [3.63, 3.8) is 0 Å². The number of methoxy groups -OCH3 is 3. The second-order valence-electron chi connectivity index (χ2n) is 14.6. The molecule has 0 N–H and O–H groups in total. The summed E-state index contributed by atoms with van der Waals surface area (Å²) in [6, 6.07) is 4.81. The molecule has 1 aliphatic heterocycles. The van der Waals surface area contributed by atoms with Gasteiger partial charge in [-0.3, -0.25) is 4.79 Å². The molecule has 4 aliphatic carbocycles. The maximum atomic E-state index is 12.5. The van der Waals surface area contributed by atoms with Crippen molar-refractivity contribution in [2.45, 2.75) is 104 Å². The Labute approximate surface area is 253 Å². The predicted octanol–water partition coefficient (Wildman–Crippen LogP) is 7.53. The lowest BCUT2D eigenvalue weighted by atomic mass is 9.45. The molecule has 6 heteroatoms. The predicted molar refractivity (Wildman–Crippen MR) is 166 cm³/mol. The van der Waals surface area contributed by atoms with Crippen LogP contribution >= 0.6 is 0 Å². The molecule has 1 heterocycles. The number of ether oxygens (including phenoxy) is 4. The van der Waals surface area contributed by atoms with Crippen molar-refractivity contribution in [2.75, 3.05) is 34.4 Å². The highest BCUT2D eigenvalue weighted by Crippen LogP contribution is 2.67. The van der Waals surface area contributed by atoms with Gasteiger partial charge in [0.25, 0.3) is 0 Å².